The highest BCUT2D eigenvalue weighted by molar-refractivity contribution is 7.85. The molecule has 0 spiro atoms. The summed E-state index contributed by atoms with van der Waals surface area (Å²) in [5.41, 5.74) is -1.28. The monoisotopic (exact) mass is 516 g/mol. The number of carbonyl (C=O) groups is 2. The molecule has 0 saturated carbocycles. The second-order valence-corrected chi connectivity index (χ2v) is 12.1. The van der Waals surface area contributed by atoms with Crippen LogP contribution in [0.15, 0.2) is 0 Å². The minimum absolute atomic E-state index is 0.0140. The van der Waals surface area contributed by atoms with E-state index in [1.807, 2.05) is 0 Å². The molecule has 2 aliphatic heterocycles. The van der Waals surface area contributed by atoms with Gasteiger partial charge < -0.3 is 14.6 Å². The Bertz CT molecular complexity index is 798. The first-order valence-electron chi connectivity index (χ1n) is 11.0. The van der Waals surface area contributed by atoms with Crippen molar-refractivity contribution in [2.45, 2.75) is 90.0 Å². The molecule has 200 valence electrons. The molecular formula is C21H38F2N2O8S. The first kappa shape index (κ1) is 30.3. The maximum Gasteiger partial charge on any atom is 0.410 e. The second kappa shape index (κ2) is 11.8. The predicted octanol–water partition coefficient (Wildman–Crippen LogP) is 2.64. The van der Waals surface area contributed by atoms with E-state index < -0.39 is 57.9 Å². The van der Waals surface area contributed by atoms with Crippen molar-refractivity contribution in [2.75, 3.05) is 32.6 Å². The van der Waals surface area contributed by atoms with Gasteiger partial charge in [0.25, 0.3) is 10.1 Å². The van der Waals surface area contributed by atoms with Gasteiger partial charge in [-0.15, -0.1) is 0 Å². The predicted molar refractivity (Wildman–Crippen MR) is 120 cm³/mol. The Balaban J connectivity index is 0.000000350. The van der Waals surface area contributed by atoms with E-state index in [0.717, 1.165) is 6.26 Å². The molecule has 0 aliphatic carbocycles. The summed E-state index contributed by atoms with van der Waals surface area (Å²) in [4.78, 5) is 25.9. The van der Waals surface area contributed by atoms with Gasteiger partial charge in [-0.3, -0.25) is 14.0 Å². The van der Waals surface area contributed by atoms with E-state index in [-0.39, 0.29) is 39.1 Å². The van der Waals surface area contributed by atoms with Crippen molar-refractivity contribution in [1.82, 2.24) is 9.80 Å². The Morgan fingerprint density at radius 2 is 1.26 bits per heavy atom. The third-order valence-electron chi connectivity index (χ3n) is 4.67. The molecule has 4 atom stereocenters. The van der Waals surface area contributed by atoms with Crippen LogP contribution in [0.5, 0.6) is 0 Å². The SMILES string of the molecule is CC(C)(C)OC(=O)N1C[C@H](F)C[C@H]1CO.CC(C)(C)OC(=O)N1C[C@H](F)C[C@H]1COS(C)(=O)=O. The van der Waals surface area contributed by atoms with Crippen LogP contribution in [-0.4, -0.2) is 104 Å². The first-order chi connectivity index (χ1) is 15.3. The number of hydrogen-bond acceptors (Lipinski definition) is 8. The number of nitrogens with zero attached hydrogens (tertiary/aromatic N) is 2. The van der Waals surface area contributed by atoms with Crippen LogP contribution in [0, 0.1) is 0 Å². The summed E-state index contributed by atoms with van der Waals surface area (Å²) >= 11 is 0. The highest BCUT2D eigenvalue weighted by atomic mass is 32.2. The zero-order chi connectivity index (χ0) is 26.5. The zero-order valence-corrected chi connectivity index (χ0v) is 21.7. The number of likely N-dealkylation sites (tertiary alicyclic amines) is 2. The van der Waals surface area contributed by atoms with E-state index in [2.05, 4.69) is 4.18 Å². The standard InChI is InChI=1S/C11H20FNO5S.C10H18FNO3/c1-11(2,3)18-10(14)13-6-8(12)5-9(13)7-17-19(4,15)16;1-10(2,3)15-9(14)12-5-7(11)4-8(12)6-13/h8-9H,5-7H2,1-4H3;7-8,13H,4-6H2,1-3H3/t8-,9+;7-,8+/m11/s1. The lowest BCUT2D eigenvalue weighted by atomic mass is 10.2. The Morgan fingerprint density at radius 1 is 0.882 bits per heavy atom. The molecule has 0 aromatic heterocycles. The van der Waals surface area contributed by atoms with Gasteiger partial charge in [0.05, 0.1) is 44.6 Å². The first-order valence-corrected chi connectivity index (χ1v) is 12.9. The van der Waals surface area contributed by atoms with Crippen molar-refractivity contribution in [1.29, 1.82) is 0 Å². The summed E-state index contributed by atoms with van der Waals surface area (Å²) in [5.74, 6) is 0. The summed E-state index contributed by atoms with van der Waals surface area (Å²) < 4.78 is 63.2. The Labute approximate surface area is 200 Å². The molecule has 34 heavy (non-hydrogen) atoms. The molecule has 1 N–H and O–H groups in total. The molecule has 2 rings (SSSR count). The average Bonchev–Trinajstić information content (AvgIpc) is 3.19. The molecule has 0 bridgehead atoms. The highest BCUT2D eigenvalue weighted by Gasteiger charge is 2.39. The van der Waals surface area contributed by atoms with Crippen LogP contribution < -0.4 is 0 Å². The molecule has 0 unspecified atom stereocenters. The van der Waals surface area contributed by atoms with E-state index in [9.17, 15) is 26.8 Å². The zero-order valence-electron chi connectivity index (χ0n) is 20.9. The fourth-order valence-electron chi connectivity index (χ4n) is 3.34. The number of amides is 2. The molecule has 10 nitrogen and oxygen atoms in total. The largest absolute Gasteiger partial charge is 0.444 e. The van der Waals surface area contributed by atoms with E-state index in [4.69, 9.17) is 14.6 Å². The van der Waals surface area contributed by atoms with Gasteiger partial charge >= 0.3 is 12.2 Å². The molecule has 2 heterocycles. The van der Waals surface area contributed by atoms with Crippen LogP contribution in [0.2, 0.25) is 0 Å². The van der Waals surface area contributed by atoms with Crippen molar-refractivity contribution in [3.8, 4) is 0 Å². The number of aliphatic hydroxyl groups is 1. The van der Waals surface area contributed by atoms with Gasteiger partial charge in [0.15, 0.2) is 0 Å². The van der Waals surface area contributed by atoms with Crippen LogP contribution in [0.1, 0.15) is 54.4 Å². The van der Waals surface area contributed by atoms with Gasteiger partial charge in [-0.25, -0.2) is 18.4 Å². The van der Waals surface area contributed by atoms with E-state index in [1.165, 1.54) is 9.80 Å². The van der Waals surface area contributed by atoms with Crippen molar-refractivity contribution < 1.29 is 45.6 Å². The average molecular weight is 517 g/mol. The number of carbonyl (C=O) groups excluding carboxylic acids is 2. The maximum absolute atomic E-state index is 13.4. The van der Waals surface area contributed by atoms with E-state index in [0.29, 0.717) is 0 Å². The lowest BCUT2D eigenvalue weighted by Crippen LogP contribution is -2.42. The number of aliphatic hydroxyl groups excluding tert-OH is 1. The molecule has 2 amide bonds. The number of halogens is 2. The summed E-state index contributed by atoms with van der Waals surface area (Å²) in [5, 5.41) is 8.99. The van der Waals surface area contributed by atoms with Crippen LogP contribution in [-0.2, 0) is 23.8 Å². The summed E-state index contributed by atoms with van der Waals surface area (Å²) in [6.07, 6.45) is -2.32. The third kappa shape index (κ3) is 11.1. The fourth-order valence-corrected chi connectivity index (χ4v) is 3.74. The van der Waals surface area contributed by atoms with Crippen molar-refractivity contribution in [3.63, 3.8) is 0 Å². The topological polar surface area (TPSA) is 123 Å². The summed E-state index contributed by atoms with van der Waals surface area (Å²) in [6, 6.07) is -1.07. The van der Waals surface area contributed by atoms with E-state index >= 15 is 0 Å². The third-order valence-corrected chi connectivity index (χ3v) is 5.23. The van der Waals surface area contributed by atoms with Crippen LogP contribution in [0.25, 0.3) is 0 Å². The normalized spacial score (nSPS) is 25.6. The molecule has 2 aliphatic rings. The molecule has 0 aromatic rings. The van der Waals surface area contributed by atoms with Gasteiger partial charge in [-0.05, 0) is 41.5 Å². The Hall–Kier alpha value is -1.73. The molecule has 0 aromatic carbocycles. The highest BCUT2D eigenvalue weighted by Crippen LogP contribution is 2.24. The lowest BCUT2D eigenvalue weighted by Gasteiger charge is -2.28. The van der Waals surface area contributed by atoms with Crippen molar-refractivity contribution in [2.24, 2.45) is 0 Å². The lowest BCUT2D eigenvalue weighted by molar-refractivity contribution is 0.0166. The van der Waals surface area contributed by atoms with Crippen molar-refractivity contribution >= 4 is 22.3 Å². The van der Waals surface area contributed by atoms with Crippen molar-refractivity contribution in [3.05, 3.63) is 0 Å². The minimum Gasteiger partial charge on any atom is -0.444 e. The number of ether oxygens (including phenoxy) is 2. The summed E-state index contributed by atoms with van der Waals surface area (Å²) in [6.45, 7) is 9.80. The van der Waals surface area contributed by atoms with Crippen LogP contribution in [0.4, 0.5) is 18.4 Å². The second-order valence-electron chi connectivity index (χ2n) is 10.4. The maximum atomic E-state index is 13.4. The quantitative estimate of drug-likeness (QED) is 0.566. The Morgan fingerprint density at radius 3 is 1.62 bits per heavy atom. The fraction of sp³-hybridized carbons (Fsp3) is 0.905. The van der Waals surface area contributed by atoms with Gasteiger partial charge in [0.1, 0.15) is 23.5 Å². The van der Waals surface area contributed by atoms with E-state index in [1.54, 1.807) is 41.5 Å². The molecule has 0 radical (unpaired) electrons. The minimum atomic E-state index is -3.61. The molecule has 2 fully saturated rings. The van der Waals surface area contributed by atoms with Gasteiger partial charge in [0, 0.05) is 12.8 Å². The summed E-state index contributed by atoms with van der Waals surface area (Å²) in [7, 11) is -3.61. The smallest absolute Gasteiger partial charge is 0.410 e. The van der Waals surface area contributed by atoms with Gasteiger partial charge in [0.2, 0.25) is 0 Å². The van der Waals surface area contributed by atoms with Crippen LogP contribution in [0.3, 0.4) is 0 Å². The number of hydrogen-bond donors (Lipinski definition) is 1. The molecular weight excluding hydrogens is 478 g/mol. The molecule has 13 heteroatoms. The van der Waals surface area contributed by atoms with Gasteiger partial charge in [-0.1, -0.05) is 0 Å². The number of rotatable bonds is 4. The number of alkyl halides is 2. The van der Waals surface area contributed by atoms with Crippen LogP contribution >= 0.6 is 0 Å². The van der Waals surface area contributed by atoms with Gasteiger partial charge in [-0.2, -0.15) is 8.42 Å². The Kier molecular flexibility index (Phi) is 10.5. The molecule has 2 saturated heterocycles.